The molecule has 0 bridgehead atoms. The van der Waals surface area contributed by atoms with Gasteiger partial charge in [0.15, 0.2) is 11.5 Å². The zero-order valence-corrected chi connectivity index (χ0v) is 14.9. The molecule has 1 heterocycles. The van der Waals surface area contributed by atoms with Gasteiger partial charge in [0.2, 0.25) is 6.79 Å². The van der Waals surface area contributed by atoms with Crippen LogP contribution in [0.1, 0.15) is 42.0 Å². The molecule has 1 aliphatic rings. The normalized spacial score (nSPS) is 13.7. The maximum Gasteiger partial charge on any atom is 0.231 e. The van der Waals surface area contributed by atoms with Crippen molar-refractivity contribution in [3.05, 3.63) is 46.5 Å². The Morgan fingerprint density at radius 3 is 2.25 bits per heavy atom. The summed E-state index contributed by atoms with van der Waals surface area (Å²) in [6.07, 6.45) is 0. The van der Waals surface area contributed by atoms with E-state index in [0.29, 0.717) is 6.61 Å². The average Bonchev–Trinajstić information content (AvgIpc) is 3.03. The van der Waals surface area contributed by atoms with E-state index in [9.17, 15) is 0 Å². The second-order valence-electron chi connectivity index (χ2n) is 6.09. The highest BCUT2D eigenvalue weighted by Crippen LogP contribution is 2.43. The molecule has 0 spiro atoms. The van der Waals surface area contributed by atoms with Gasteiger partial charge in [0.25, 0.3) is 0 Å². The third-order valence-electron chi connectivity index (χ3n) is 4.46. The van der Waals surface area contributed by atoms with Crippen molar-refractivity contribution >= 4 is 0 Å². The second-order valence-corrected chi connectivity index (χ2v) is 6.09. The monoisotopic (exact) mass is 328 g/mol. The summed E-state index contributed by atoms with van der Waals surface area (Å²) in [6.45, 7) is 9.29. The molecule has 24 heavy (non-hydrogen) atoms. The molecule has 0 saturated heterocycles. The number of methoxy groups -OCH3 is 1. The first kappa shape index (κ1) is 16.5. The van der Waals surface area contributed by atoms with Gasteiger partial charge in [-0.25, -0.2) is 0 Å². The number of hydrogen-bond acceptors (Lipinski definition) is 4. The molecule has 0 saturated carbocycles. The summed E-state index contributed by atoms with van der Waals surface area (Å²) >= 11 is 0. The van der Waals surface area contributed by atoms with Crippen molar-refractivity contribution in [3.63, 3.8) is 0 Å². The second kappa shape index (κ2) is 6.63. The number of rotatable bonds is 5. The summed E-state index contributed by atoms with van der Waals surface area (Å²) < 4.78 is 22.3. The van der Waals surface area contributed by atoms with Gasteiger partial charge in [-0.2, -0.15) is 0 Å². The van der Waals surface area contributed by atoms with Crippen LogP contribution in [0.4, 0.5) is 0 Å². The van der Waals surface area contributed by atoms with Crippen LogP contribution in [-0.4, -0.2) is 20.5 Å². The number of hydrogen-bond donors (Lipinski definition) is 0. The van der Waals surface area contributed by atoms with Crippen molar-refractivity contribution in [1.29, 1.82) is 0 Å². The minimum Gasteiger partial charge on any atom is -0.496 e. The molecule has 2 aromatic carbocycles. The van der Waals surface area contributed by atoms with Crippen molar-refractivity contribution < 1.29 is 18.9 Å². The van der Waals surface area contributed by atoms with E-state index in [2.05, 4.69) is 32.9 Å². The zero-order chi connectivity index (χ0) is 17.3. The molecule has 4 nitrogen and oxygen atoms in total. The first-order valence-corrected chi connectivity index (χ1v) is 8.26. The largest absolute Gasteiger partial charge is 0.496 e. The van der Waals surface area contributed by atoms with Crippen molar-refractivity contribution in [1.82, 2.24) is 0 Å². The van der Waals surface area contributed by atoms with Gasteiger partial charge in [-0.15, -0.1) is 0 Å². The lowest BCUT2D eigenvalue weighted by Crippen LogP contribution is -2.03. The van der Waals surface area contributed by atoms with E-state index in [4.69, 9.17) is 18.9 Å². The summed E-state index contributed by atoms with van der Waals surface area (Å²) in [4.78, 5) is 0. The Bertz CT molecular complexity index is 729. The van der Waals surface area contributed by atoms with Gasteiger partial charge in [0.1, 0.15) is 11.5 Å². The van der Waals surface area contributed by atoms with Crippen molar-refractivity contribution in [2.75, 3.05) is 20.5 Å². The maximum absolute atomic E-state index is 5.75. The van der Waals surface area contributed by atoms with Crippen LogP contribution in [0.5, 0.6) is 23.0 Å². The van der Waals surface area contributed by atoms with Gasteiger partial charge in [-0.1, -0.05) is 19.1 Å². The van der Waals surface area contributed by atoms with Crippen molar-refractivity contribution in [3.8, 4) is 23.0 Å². The van der Waals surface area contributed by atoms with Crippen molar-refractivity contribution in [2.24, 2.45) is 0 Å². The Balaban J connectivity index is 2.02. The highest BCUT2D eigenvalue weighted by atomic mass is 16.7. The molecule has 0 unspecified atom stereocenters. The Morgan fingerprint density at radius 1 is 1.04 bits per heavy atom. The summed E-state index contributed by atoms with van der Waals surface area (Å²) in [5, 5.41) is 0. The third-order valence-corrected chi connectivity index (χ3v) is 4.46. The molecule has 0 radical (unpaired) electrons. The smallest absolute Gasteiger partial charge is 0.231 e. The average molecular weight is 328 g/mol. The Morgan fingerprint density at radius 2 is 1.67 bits per heavy atom. The molecular weight excluding hydrogens is 304 g/mol. The van der Waals surface area contributed by atoms with Crippen LogP contribution in [0.25, 0.3) is 0 Å². The molecule has 1 aliphatic heterocycles. The fraction of sp³-hybridized carbons (Fsp3) is 0.400. The quantitative estimate of drug-likeness (QED) is 0.804. The van der Waals surface area contributed by atoms with Gasteiger partial charge in [0, 0.05) is 17.5 Å². The first-order chi connectivity index (χ1) is 11.5. The van der Waals surface area contributed by atoms with E-state index in [1.54, 1.807) is 7.11 Å². The van der Waals surface area contributed by atoms with Gasteiger partial charge in [-0.05, 0) is 43.5 Å². The van der Waals surface area contributed by atoms with E-state index < -0.39 is 0 Å². The number of aryl methyl sites for hydroxylation is 2. The SMILES string of the molecule is CCOc1c(C)cc([C@@H](C)c2cc3c(cc2OC)OCO3)cc1C. The topological polar surface area (TPSA) is 36.9 Å². The van der Waals surface area contributed by atoms with E-state index in [-0.39, 0.29) is 12.7 Å². The van der Waals surface area contributed by atoms with Crippen LogP contribution in [0, 0.1) is 13.8 Å². The van der Waals surface area contributed by atoms with E-state index in [1.165, 1.54) is 5.56 Å². The highest BCUT2D eigenvalue weighted by Gasteiger charge is 2.22. The molecule has 0 N–H and O–H groups in total. The molecule has 0 aliphatic carbocycles. The fourth-order valence-electron chi connectivity index (χ4n) is 3.24. The van der Waals surface area contributed by atoms with Gasteiger partial charge in [-0.3, -0.25) is 0 Å². The first-order valence-electron chi connectivity index (χ1n) is 8.26. The van der Waals surface area contributed by atoms with E-state index in [0.717, 1.165) is 39.7 Å². The number of fused-ring (bicyclic) bond motifs is 1. The minimum absolute atomic E-state index is 0.169. The molecule has 4 heteroatoms. The molecule has 128 valence electrons. The van der Waals surface area contributed by atoms with E-state index >= 15 is 0 Å². The summed E-state index contributed by atoms with van der Waals surface area (Å²) in [7, 11) is 1.68. The lowest BCUT2D eigenvalue weighted by molar-refractivity contribution is 0.174. The van der Waals surface area contributed by atoms with Crippen LogP contribution >= 0.6 is 0 Å². The lowest BCUT2D eigenvalue weighted by atomic mass is 9.89. The summed E-state index contributed by atoms with van der Waals surface area (Å²) in [5.41, 5.74) is 4.62. The Labute approximate surface area is 143 Å². The van der Waals surface area contributed by atoms with E-state index in [1.807, 2.05) is 19.1 Å². The van der Waals surface area contributed by atoms with Gasteiger partial charge < -0.3 is 18.9 Å². The van der Waals surface area contributed by atoms with Crippen LogP contribution < -0.4 is 18.9 Å². The molecule has 0 fully saturated rings. The van der Waals surface area contributed by atoms with Gasteiger partial charge >= 0.3 is 0 Å². The molecule has 0 aromatic heterocycles. The fourth-order valence-corrected chi connectivity index (χ4v) is 3.24. The predicted octanol–water partition coefficient (Wildman–Crippen LogP) is 4.59. The molecule has 2 aromatic rings. The Kier molecular flexibility index (Phi) is 4.56. The maximum atomic E-state index is 5.75. The van der Waals surface area contributed by atoms with Crippen LogP contribution in [0.3, 0.4) is 0 Å². The summed E-state index contributed by atoms with van der Waals surface area (Å²) in [6, 6.07) is 8.30. The summed E-state index contributed by atoms with van der Waals surface area (Å²) in [5.74, 6) is 3.48. The molecule has 3 rings (SSSR count). The molecule has 0 amide bonds. The Hall–Kier alpha value is -2.36. The minimum atomic E-state index is 0.169. The number of ether oxygens (including phenoxy) is 4. The van der Waals surface area contributed by atoms with Gasteiger partial charge in [0.05, 0.1) is 13.7 Å². The van der Waals surface area contributed by atoms with Crippen LogP contribution in [0.2, 0.25) is 0 Å². The third kappa shape index (κ3) is 2.88. The standard InChI is InChI=1S/C20H24O4/c1-6-22-20-12(2)7-15(8-13(20)3)14(4)16-9-18-19(24-11-23-18)10-17(16)21-5/h7-10,14H,6,11H2,1-5H3/t14-/m1/s1. The molecule has 1 atom stereocenters. The zero-order valence-electron chi connectivity index (χ0n) is 14.9. The highest BCUT2D eigenvalue weighted by molar-refractivity contribution is 5.55. The van der Waals surface area contributed by atoms with Crippen LogP contribution in [0.15, 0.2) is 24.3 Å². The predicted molar refractivity (Wildman–Crippen MR) is 93.7 cm³/mol. The van der Waals surface area contributed by atoms with Crippen molar-refractivity contribution in [2.45, 2.75) is 33.6 Å². The van der Waals surface area contributed by atoms with Crippen LogP contribution in [-0.2, 0) is 0 Å². The lowest BCUT2D eigenvalue weighted by Gasteiger charge is -2.20. The molecular formula is C20H24O4. The number of benzene rings is 2.